The number of para-hydroxylation sites is 1. The molecule has 0 aliphatic carbocycles. The SMILES string of the molecule is Cc1[nH]c2ccccc2c1C(=O)N1CCC(C)C1CO. The Kier molecular flexibility index (Phi) is 3.26. The van der Waals surface area contributed by atoms with Crippen LogP contribution in [0.4, 0.5) is 0 Å². The van der Waals surface area contributed by atoms with Gasteiger partial charge in [-0.1, -0.05) is 25.1 Å². The molecule has 2 N–H and O–H groups in total. The van der Waals surface area contributed by atoms with E-state index in [4.69, 9.17) is 0 Å². The van der Waals surface area contributed by atoms with Crippen LogP contribution in [0.2, 0.25) is 0 Å². The Labute approximate surface area is 118 Å². The van der Waals surface area contributed by atoms with Crippen LogP contribution in [-0.2, 0) is 0 Å². The lowest BCUT2D eigenvalue weighted by atomic mass is 10.0. The Balaban J connectivity index is 2.03. The molecule has 3 rings (SSSR count). The van der Waals surface area contributed by atoms with E-state index in [9.17, 15) is 9.90 Å². The average Bonchev–Trinajstić information content (AvgIpc) is 2.97. The Hall–Kier alpha value is -1.81. The Bertz CT molecular complexity index is 647. The summed E-state index contributed by atoms with van der Waals surface area (Å²) in [6.07, 6.45) is 0.957. The maximum atomic E-state index is 12.9. The van der Waals surface area contributed by atoms with Crippen molar-refractivity contribution >= 4 is 16.8 Å². The predicted molar refractivity (Wildman–Crippen MR) is 78.7 cm³/mol. The summed E-state index contributed by atoms with van der Waals surface area (Å²) in [6, 6.07) is 7.80. The highest BCUT2D eigenvalue weighted by Crippen LogP contribution is 2.29. The maximum Gasteiger partial charge on any atom is 0.256 e. The van der Waals surface area contributed by atoms with Gasteiger partial charge in [-0.3, -0.25) is 4.79 Å². The van der Waals surface area contributed by atoms with Crippen LogP contribution >= 0.6 is 0 Å². The van der Waals surface area contributed by atoms with E-state index in [2.05, 4.69) is 11.9 Å². The van der Waals surface area contributed by atoms with E-state index < -0.39 is 0 Å². The number of H-pyrrole nitrogens is 1. The van der Waals surface area contributed by atoms with E-state index >= 15 is 0 Å². The van der Waals surface area contributed by atoms with Crippen LogP contribution in [0.25, 0.3) is 10.9 Å². The highest BCUT2D eigenvalue weighted by Gasteiger charge is 2.35. The number of aromatic amines is 1. The number of aliphatic hydroxyl groups is 1. The zero-order chi connectivity index (χ0) is 14.3. The minimum atomic E-state index is -0.0597. The van der Waals surface area contributed by atoms with Crippen LogP contribution in [0, 0.1) is 12.8 Å². The fourth-order valence-corrected chi connectivity index (χ4v) is 3.23. The number of nitrogens with zero attached hydrogens (tertiary/aromatic N) is 1. The summed E-state index contributed by atoms with van der Waals surface area (Å²) < 4.78 is 0. The summed E-state index contributed by atoms with van der Waals surface area (Å²) in [5.41, 5.74) is 2.63. The average molecular weight is 272 g/mol. The number of rotatable bonds is 2. The zero-order valence-electron chi connectivity index (χ0n) is 11.9. The minimum absolute atomic E-state index is 0.0309. The second-order valence-corrected chi connectivity index (χ2v) is 5.69. The number of fused-ring (bicyclic) bond motifs is 1. The number of amides is 1. The van der Waals surface area contributed by atoms with Crippen molar-refractivity contribution in [3.8, 4) is 0 Å². The quantitative estimate of drug-likeness (QED) is 0.881. The molecule has 0 radical (unpaired) electrons. The highest BCUT2D eigenvalue weighted by molar-refractivity contribution is 6.08. The predicted octanol–water partition coefficient (Wildman–Crippen LogP) is 2.32. The van der Waals surface area contributed by atoms with Crippen LogP contribution < -0.4 is 0 Å². The van der Waals surface area contributed by atoms with Crippen LogP contribution in [0.5, 0.6) is 0 Å². The first kappa shape index (κ1) is 13.2. The van der Waals surface area contributed by atoms with Gasteiger partial charge in [0.05, 0.1) is 18.2 Å². The second-order valence-electron chi connectivity index (χ2n) is 5.69. The number of aryl methyl sites for hydroxylation is 1. The maximum absolute atomic E-state index is 12.9. The third-order valence-electron chi connectivity index (χ3n) is 4.44. The summed E-state index contributed by atoms with van der Waals surface area (Å²) in [7, 11) is 0. The van der Waals surface area contributed by atoms with Gasteiger partial charge in [-0.25, -0.2) is 0 Å². The molecule has 106 valence electrons. The molecule has 4 nitrogen and oxygen atoms in total. The number of benzene rings is 1. The van der Waals surface area contributed by atoms with Crippen molar-refractivity contribution < 1.29 is 9.90 Å². The molecule has 2 heterocycles. The van der Waals surface area contributed by atoms with Gasteiger partial charge in [-0.15, -0.1) is 0 Å². The second kappa shape index (κ2) is 4.94. The molecule has 1 aromatic carbocycles. The summed E-state index contributed by atoms with van der Waals surface area (Å²) >= 11 is 0. The topological polar surface area (TPSA) is 56.3 Å². The molecule has 0 spiro atoms. The molecule has 1 saturated heterocycles. The van der Waals surface area contributed by atoms with Crippen molar-refractivity contribution in [1.29, 1.82) is 0 Å². The first-order chi connectivity index (χ1) is 9.63. The molecule has 1 aromatic heterocycles. The van der Waals surface area contributed by atoms with E-state index in [1.165, 1.54) is 0 Å². The number of nitrogens with one attached hydrogen (secondary N) is 1. The van der Waals surface area contributed by atoms with E-state index in [0.29, 0.717) is 5.92 Å². The van der Waals surface area contributed by atoms with E-state index in [0.717, 1.165) is 35.1 Å². The van der Waals surface area contributed by atoms with Crippen LogP contribution in [0.1, 0.15) is 29.4 Å². The number of carbonyl (C=O) groups excluding carboxylic acids is 1. The van der Waals surface area contributed by atoms with Gasteiger partial charge < -0.3 is 15.0 Å². The van der Waals surface area contributed by atoms with Crippen molar-refractivity contribution in [3.63, 3.8) is 0 Å². The molecule has 2 atom stereocenters. The highest BCUT2D eigenvalue weighted by atomic mass is 16.3. The van der Waals surface area contributed by atoms with Crippen molar-refractivity contribution in [2.24, 2.45) is 5.92 Å². The van der Waals surface area contributed by atoms with Gasteiger partial charge in [0.25, 0.3) is 5.91 Å². The molecule has 0 saturated carbocycles. The Morgan fingerprint density at radius 3 is 2.95 bits per heavy atom. The summed E-state index contributed by atoms with van der Waals surface area (Å²) in [4.78, 5) is 17.9. The van der Waals surface area contributed by atoms with Gasteiger partial charge in [0.2, 0.25) is 0 Å². The van der Waals surface area contributed by atoms with Gasteiger partial charge in [0.15, 0.2) is 0 Å². The van der Waals surface area contributed by atoms with Gasteiger partial charge in [0, 0.05) is 23.1 Å². The lowest BCUT2D eigenvalue weighted by Crippen LogP contribution is -2.40. The van der Waals surface area contributed by atoms with E-state index in [1.54, 1.807) is 0 Å². The monoisotopic (exact) mass is 272 g/mol. The standard InChI is InChI=1S/C16H20N2O2/c1-10-7-8-18(14(10)9-19)16(20)15-11(2)17-13-6-4-3-5-12(13)15/h3-6,10,14,17,19H,7-9H2,1-2H3. The van der Waals surface area contributed by atoms with Crippen molar-refractivity contribution in [1.82, 2.24) is 9.88 Å². The van der Waals surface area contributed by atoms with Crippen LogP contribution in [-0.4, -0.2) is 40.1 Å². The molecule has 1 aliphatic heterocycles. The number of likely N-dealkylation sites (tertiary alicyclic amines) is 1. The molecule has 1 aliphatic rings. The Morgan fingerprint density at radius 1 is 1.45 bits per heavy atom. The molecule has 2 aromatic rings. The molecule has 1 amide bonds. The molecule has 20 heavy (non-hydrogen) atoms. The fraction of sp³-hybridized carbons (Fsp3) is 0.438. The van der Waals surface area contributed by atoms with Crippen LogP contribution in [0.3, 0.4) is 0 Å². The lowest BCUT2D eigenvalue weighted by Gasteiger charge is -2.25. The van der Waals surface area contributed by atoms with Gasteiger partial charge in [0.1, 0.15) is 0 Å². The molecular formula is C16H20N2O2. The van der Waals surface area contributed by atoms with Gasteiger partial charge in [-0.05, 0) is 25.3 Å². The minimum Gasteiger partial charge on any atom is -0.394 e. The van der Waals surface area contributed by atoms with E-state index in [1.807, 2.05) is 36.1 Å². The number of aliphatic hydroxyl groups excluding tert-OH is 1. The summed E-state index contributed by atoms with van der Waals surface area (Å²) in [5, 5.41) is 10.5. The van der Waals surface area contributed by atoms with Gasteiger partial charge in [-0.2, -0.15) is 0 Å². The normalized spacial score (nSPS) is 22.6. The number of carbonyl (C=O) groups is 1. The van der Waals surface area contributed by atoms with Crippen LogP contribution in [0.15, 0.2) is 24.3 Å². The summed E-state index contributed by atoms with van der Waals surface area (Å²) in [6.45, 7) is 4.79. The molecule has 0 bridgehead atoms. The Morgan fingerprint density at radius 2 is 2.20 bits per heavy atom. The van der Waals surface area contributed by atoms with Crippen molar-refractivity contribution in [2.75, 3.05) is 13.2 Å². The molecule has 1 fully saturated rings. The third-order valence-corrected chi connectivity index (χ3v) is 4.44. The lowest BCUT2D eigenvalue weighted by molar-refractivity contribution is 0.0649. The first-order valence-electron chi connectivity index (χ1n) is 7.12. The molecule has 4 heteroatoms. The van der Waals surface area contributed by atoms with Gasteiger partial charge >= 0.3 is 0 Å². The van der Waals surface area contributed by atoms with E-state index in [-0.39, 0.29) is 18.6 Å². The number of aromatic nitrogens is 1. The third kappa shape index (κ3) is 1.91. The molecule has 2 unspecified atom stereocenters. The largest absolute Gasteiger partial charge is 0.394 e. The smallest absolute Gasteiger partial charge is 0.256 e. The first-order valence-corrected chi connectivity index (χ1v) is 7.12. The number of hydrogen-bond acceptors (Lipinski definition) is 2. The fourth-order valence-electron chi connectivity index (χ4n) is 3.23. The summed E-state index contributed by atoms with van der Waals surface area (Å²) in [5.74, 6) is 0.387. The number of hydrogen-bond donors (Lipinski definition) is 2. The molecular weight excluding hydrogens is 252 g/mol. The van der Waals surface area contributed by atoms with Crippen molar-refractivity contribution in [3.05, 3.63) is 35.5 Å². The zero-order valence-corrected chi connectivity index (χ0v) is 11.9. The van der Waals surface area contributed by atoms with Crippen molar-refractivity contribution in [2.45, 2.75) is 26.3 Å².